The van der Waals surface area contributed by atoms with Gasteiger partial charge in [0.25, 0.3) is 0 Å². The van der Waals surface area contributed by atoms with Gasteiger partial charge in [0.05, 0.1) is 43.9 Å². The molecule has 2 aromatic carbocycles. The highest BCUT2D eigenvalue weighted by Crippen LogP contribution is 2.46. The van der Waals surface area contributed by atoms with E-state index >= 15 is 0 Å². The van der Waals surface area contributed by atoms with Crippen LogP contribution in [0.4, 0.5) is 35.5 Å². The van der Waals surface area contributed by atoms with Gasteiger partial charge in [-0.1, -0.05) is 6.07 Å². The Morgan fingerprint density at radius 2 is 1.62 bits per heavy atom. The molecule has 1 unspecified atom stereocenters. The molecule has 0 radical (unpaired) electrons. The number of piperidine rings is 1. The molecule has 0 aliphatic carbocycles. The third-order valence-electron chi connectivity index (χ3n) is 8.62. The van der Waals surface area contributed by atoms with Crippen molar-refractivity contribution in [1.82, 2.24) is 9.80 Å². The van der Waals surface area contributed by atoms with Crippen molar-refractivity contribution in [2.75, 3.05) is 27.8 Å². The Balaban J connectivity index is 2.13. The van der Waals surface area contributed by atoms with Crippen LogP contribution in [0.3, 0.4) is 0 Å². The van der Waals surface area contributed by atoms with Crippen LogP contribution < -0.4 is 0 Å². The number of benzene rings is 2. The molecule has 2 aromatic rings. The van der Waals surface area contributed by atoms with Crippen molar-refractivity contribution in [3.05, 3.63) is 80.1 Å². The summed E-state index contributed by atoms with van der Waals surface area (Å²) in [5, 5.41) is 12.7. The van der Waals surface area contributed by atoms with Crippen LogP contribution in [0.25, 0.3) is 0 Å². The number of halogens is 7. The molecule has 0 spiro atoms. The number of likely N-dealkylation sites (tertiary alicyclic amines) is 1. The molecule has 4 atom stereocenters. The molecule has 0 bridgehead atoms. The maximum absolute atomic E-state index is 14.1. The number of carbonyl (C=O) groups excluding carboxylic acids is 3. The average Bonchev–Trinajstić information content (AvgIpc) is 3.00. The van der Waals surface area contributed by atoms with Gasteiger partial charge in [-0.25, -0.2) is 9.18 Å². The van der Waals surface area contributed by atoms with Gasteiger partial charge in [-0.05, 0) is 60.9 Å². The fourth-order valence-corrected chi connectivity index (χ4v) is 5.84. The van der Waals surface area contributed by atoms with Crippen molar-refractivity contribution < 1.29 is 59.5 Å². The highest BCUT2D eigenvalue weighted by Gasteiger charge is 2.60. The first kappa shape index (κ1) is 37.0. The van der Waals surface area contributed by atoms with E-state index in [1.165, 1.54) is 19.9 Å². The lowest BCUT2D eigenvalue weighted by molar-refractivity contribution is -0.585. The zero-order valence-corrected chi connectivity index (χ0v) is 25.9. The molecule has 1 aliphatic rings. The Bertz CT molecular complexity index is 1500. The largest absolute Gasteiger partial charge is 0.469 e. The van der Waals surface area contributed by atoms with Gasteiger partial charge >= 0.3 is 30.3 Å². The molecular formula is C30H32F7N3O7. The van der Waals surface area contributed by atoms with Crippen molar-refractivity contribution in [3.8, 4) is 0 Å². The molecular weight excluding hydrogens is 647 g/mol. The van der Waals surface area contributed by atoms with Gasteiger partial charge in [0, 0.05) is 31.4 Å². The monoisotopic (exact) mass is 679 g/mol. The van der Waals surface area contributed by atoms with Crippen molar-refractivity contribution in [3.63, 3.8) is 0 Å². The summed E-state index contributed by atoms with van der Waals surface area (Å²) < 4.78 is 105. The first-order valence-corrected chi connectivity index (χ1v) is 14.1. The van der Waals surface area contributed by atoms with Gasteiger partial charge in [0.1, 0.15) is 11.7 Å². The molecule has 1 saturated heterocycles. The van der Waals surface area contributed by atoms with Gasteiger partial charge in [0.2, 0.25) is 5.54 Å². The van der Waals surface area contributed by atoms with Gasteiger partial charge in [0.15, 0.2) is 0 Å². The zero-order valence-electron chi connectivity index (χ0n) is 25.9. The van der Waals surface area contributed by atoms with Crippen LogP contribution in [0, 0.1) is 28.8 Å². The zero-order chi connectivity index (χ0) is 35.6. The van der Waals surface area contributed by atoms with Crippen LogP contribution in [0.5, 0.6) is 0 Å². The lowest BCUT2D eigenvalue weighted by Gasteiger charge is -2.46. The van der Waals surface area contributed by atoms with E-state index in [1.54, 1.807) is 0 Å². The van der Waals surface area contributed by atoms with E-state index in [0.717, 1.165) is 43.2 Å². The molecule has 1 heterocycles. The predicted molar refractivity (Wildman–Crippen MR) is 150 cm³/mol. The Labute approximate surface area is 264 Å². The SMILES string of the molecule is COC(=O)CC(C(=O)OC)[C@@]1([N+](=O)[O-])CCN(C(=O)N(C)[C@H](C)c2cc(C(F)(F)F)cc(C(F)(F)F)c2)[C@@H](c2ccc(F)cc2C)C1. The normalized spacial score (nSPS) is 19.8. The van der Waals surface area contributed by atoms with Crippen LogP contribution in [-0.4, -0.2) is 66.0 Å². The number of aryl methyl sites for hydroxylation is 1. The summed E-state index contributed by atoms with van der Waals surface area (Å²) in [6.45, 7) is 2.22. The number of alkyl halides is 6. The summed E-state index contributed by atoms with van der Waals surface area (Å²) in [7, 11) is 3.12. The molecule has 0 saturated carbocycles. The number of methoxy groups -OCH3 is 2. The minimum Gasteiger partial charge on any atom is -0.469 e. The predicted octanol–water partition coefficient (Wildman–Crippen LogP) is 6.49. The minimum absolute atomic E-state index is 0.0424. The number of amides is 2. The summed E-state index contributed by atoms with van der Waals surface area (Å²) in [5.41, 5.74) is -5.40. The van der Waals surface area contributed by atoms with Crippen molar-refractivity contribution in [2.45, 2.75) is 63.1 Å². The maximum atomic E-state index is 14.1. The standard InChI is InChI=1S/C30H32F7N3O7/c1-16-10-21(31)6-7-22(16)24-15-28(40(44)45,23(26(42)47-5)14-25(41)46-4)8-9-39(24)27(43)38(3)17(2)18-11-19(29(32,33)34)13-20(12-18)30(35,36)37/h6-7,10-13,17,23-24H,8-9,14-15H2,1-5H3/t17-,23?,24-,28-/m1/s1. The number of ether oxygens (including phenoxy) is 2. The average molecular weight is 680 g/mol. The van der Waals surface area contributed by atoms with Gasteiger partial charge in [-0.15, -0.1) is 0 Å². The summed E-state index contributed by atoms with van der Waals surface area (Å²) in [6, 6.07) is 0.772. The Hall–Kier alpha value is -4.44. The number of rotatable bonds is 8. The van der Waals surface area contributed by atoms with Crippen molar-refractivity contribution in [2.24, 2.45) is 5.92 Å². The van der Waals surface area contributed by atoms with Crippen molar-refractivity contribution >= 4 is 18.0 Å². The molecule has 17 heteroatoms. The van der Waals surface area contributed by atoms with Crippen LogP contribution in [0.15, 0.2) is 36.4 Å². The molecule has 0 N–H and O–H groups in total. The molecule has 258 valence electrons. The molecule has 0 aromatic heterocycles. The van der Waals surface area contributed by atoms with Crippen LogP contribution >= 0.6 is 0 Å². The summed E-state index contributed by atoms with van der Waals surface area (Å²) in [4.78, 5) is 53.1. The lowest BCUT2D eigenvalue weighted by Crippen LogP contribution is -2.59. The second kappa shape index (κ2) is 13.7. The second-order valence-corrected chi connectivity index (χ2v) is 11.3. The third kappa shape index (κ3) is 7.76. The molecule has 47 heavy (non-hydrogen) atoms. The number of hydrogen-bond donors (Lipinski definition) is 0. The number of urea groups is 1. The molecule has 10 nitrogen and oxygen atoms in total. The lowest BCUT2D eigenvalue weighted by atomic mass is 9.71. The number of carbonyl (C=O) groups is 3. The van der Waals surface area contributed by atoms with E-state index in [-0.39, 0.29) is 17.2 Å². The topological polar surface area (TPSA) is 119 Å². The van der Waals surface area contributed by atoms with Gasteiger partial charge in [-0.3, -0.25) is 19.7 Å². The van der Waals surface area contributed by atoms with E-state index in [9.17, 15) is 55.2 Å². The van der Waals surface area contributed by atoms with Gasteiger partial charge in [-0.2, -0.15) is 26.3 Å². The first-order valence-electron chi connectivity index (χ1n) is 14.1. The van der Waals surface area contributed by atoms with E-state index in [0.29, 0.717) is 12.1 Å². The minimum atomic E-state index is -5.14. The Kier molecular flexibility index (Phi) is 10.8. The maximum Gasteiger partial charge on any atom is 0.416 e. The van der Waals surface area contributed by atoms with Crippen molar-refractivity contribution in [1.29, 1.82) is 0 Å². The van der Waals surface area contributed by atoms with Gasteiger partial charge < -0.3 is 19.3 Å². The summed E-state index contributed by atoms with van der Waals surface area (Å²) >= 11 is 0. The fraction of sp³-hybridized carbons (Fsp3) is 0.500. The van der Waals surface area contributed by atoms with Crippen LogP contribution in [0.1, 0.15) is 66.1 Å². The van der Waals surface area contributed by atoms with E-state index in [2.05, 4.69) is 4.74 Å². The first-order chi connectivity index (χ1) is 21.7. The fourth-order valence-electron chi connectivity index (χ4n) is 5.84. The number of esters is 2. The quantitative estimate of drug-likeness (QED) is 0.135. The molecule has 2 amide bonds. The molecule has 1 fully saturated rings. The second-order valence-electron chi connectivity index (χ2n) is 11.3. The smallest absolute Gasteiger partial charge is 0.416 e. The summed E-state index contributed by atoms with van der Waals surface area (Å²) in [5.74, 6) is -4.41. The highest BCUT2D eigenvalue weighted by atomic mass is 19.4. The van der Waals surface area contributed by atoms with Crippen LogP contribution in [-0.2, 0) is 31.4 Å². The summed E-state index contributed by atoms with van der Waals surface area (Å²) in [6.07, 6.45) is -12.1. The van der Waals surface area contributed by atoms with E-state index in [4.69, 9.17) is 4.74 Å². The van der Waals surface area contributed by atoms with E-state index < -0.39 is 107 Å². The van der Waals surface area contributed by atoms with Crippen LogP contribution in [0.2, 0.25) is 0 Å². The number of hydrogen-bond acceptors (Lipinski definition) is 7. The van der Waals surface area contributed by atoms with E-state index in [1.807, 2.05) is 0 Å². The number of nitrogens with zero attached hydrogens (tertiary/aromatic N) is 3. The highest BCUT2D eigenvalue weighted by molar-refractivity contribution is 5.81. The third-order valence-corrected chi connectivity index (χ3v) is 8.62. The Morgan fingerprint density at radius 3 is 2.09 bits per heavy atom. The molecule has 3 rings (SSSR count). The molecule has 1 aliphatic heterocycles. The Morgan fingerprint density at radius 1 is 1.04 bits per heavy atom. The number of nitro groups is 1.